The van der Waals surface area contributed by atoms with Crippen LogP contribution in [0.2, 0.25) is 0 Å². The molecule has 0 saturated carbocycles. The second-order valence-corrected chi connectivity index (χ2v) is 6.56. The third-order valence-electron chi connectivity index (χ3n) is 2.52. The highest BCUT2D eigenvalue weighted by Crippen LogP contribution is 2.18. The van der Waals surface area contributed by atoms with Crippen LogP contribution in [0.3, 0.4) is 0 Å². The van der Waals surface area contributed by atoms with Crippen molar-refractivity contribution in [3.63, 3.8) is 0 Å². The first-order chi connectivity index (χ1) is 10.9. The van der Waals surface area contributed by atoms with E-state index in [9.17, 15) is 9.59 Å². The number of carbonyl (C=O) groups is 2. The predicted octanol–water partition coefficient (Wildman–Crippen LogP) is 0.290. The van der Waals surface area contributed by atoms with Gasteiger partial charge in [-0.15, -0.1) is 32.9 Å². The molecule has 2 heterocycles. The summed E-state index contributed by atoms with van der Waals surface area (Å²) in [7, 11) is 0. The lowest BCUT2D eigenvalue weighted by Gasteiger charge is -1.98. The maximum absolute atomic E-state index is 11.5. The second kappa shape index (κ2) is 7.74. The molecule has 0 atom stereocenters. The molecule has 2 aromatic heterocycles. The fraction of sp³-hybridized carbons (Fsp3) is 0.333. The van der Waals surface area contributed by atoms with Gasteiger partial charge in [-0.1, -0.05) is 0 Å². The Balaban J connectivity index is 1.84. The Morgan fingerprint density at radius 1 is 1.30 bits per heavy atom. The van der Waals surface area contributed by atoms with Gasteiger partial charge in [-0.05, 0) is 6.42 Å². The lowest BCUT2D eigenvalue weighted by atomic mass is 10.3. The van der Waals surface area contributed by atoms with Gasteiger partial charge in [0.1, 0.15) is 10.0 Å². The molecule has 0 saturated heterocycles. The van der Waals surface area contributed by atoms with Crippen LogP contribution in [0.5, 0.6) is 0 Å². The summed E-state index contributed by atoms with van der Waals surface area (Å²) in [4.78, 5) is 26.7. The highest BCUT2D eigenvalue weighted by Gasteiger charge is 2.11. The third-order valence-corrected chi connectivity index (χ3v) is 4.31. The average molecular weight is 353 g/mol. The molecule has 0 spiro atoms. The summed E-state index contributed by atoms with van der Waals surface area (Å²) < 4.78 is 0. The minimum absolute atomic E-state index is 0.0423. The Labute approximate surface area is 139 Å². The number of guanidine groups is 1. The molecule has 0 aromatic carbocycles. The van der Waals surface area contributed by atoms with Gasteiger partial charge in [0.2, 0.25) is 11.8 Å². The number of hydrogen-bond donors (Lipinski definition) is 4. The van der Waals surface area contributed by atoms with Crippen molar-refractivity contribution in [1.29, 1.82) is 5.41 Å². The Morgan fingerprint density at radius 3 is 2.74 bits per heavy atom. The fourth-order valence-corrected chi connectivity index (χ4v) is 3.29. The van der Waals surface area contributed by atoms with Gasteiger partial charge in [0.15, 0.2) is 11.1 Å². The third kappa shape index (κ3) is 5.71. The van der Waals surface area contributed by atoms with E-state index in [1.165, 1.54) is 29.6 Å². The fourth-order valence-electron chi connectivity index (χ4n) is 1.66. The van der Waals surface area contributed by atoms with E-state index in [0.29, 0.717) is 23.0 Å². The van der Waals surface area contributed by atoms with Crippen LogP contribution < -0.4 is 16.4 Å². The molecular formula is C12H15N7O2S2. The lowest BCUT2D eigenvalue weighted by molar-refractivity contribution is -0.119. The summed E-state index contributed by atoms with van der Waals surface area (Å²) in [6.07, 6.45) is 1.36. The first kappa shape index (κ1) is 17.0. The number of nitrogens with two attached hydrogens (primary N) is 1. The highest BCUT2D eigenvalue weighted by molar-refractivity contribution is 7.14. The molecule has 0 radical (unpaired) electrons. The van der Waals surface area contributed by atoms with Gasteiger partial charge in [0, 0.05) is 18.7 Å². The Kier molecular flexibility index (Phi) is 5.71. The van der Waals surface area contributed by atoms with E-state index in [-0.39, 0.29) is 18.2 Å². The number of aromatic nitrogens is 3. The van der Waals surface area contributed by atoms with Crippen molar-refractivity contribution in [2.75, 3.05) is 5.32 Å². The van der Waals surface area contributed by atoms with Gasteiger partial charge in [0.05, 0.1) is 12.1 Å². The number of aryl methyl sites for hydroxylation is 2. The van der Waals surface area contributed by atoms with Crippen LogP contribution in [0.1, 0.15) is 22.6 Å². The molecule has 5 N–H and O–H groups in total. The smallest absolute Gasteiger partial charge is 0.233 e. The van der Waals surface area contributed by atoms with Crippen molar-refractivity contribution in [1.82, 2.24) is 20.5 Å². The molecule has 2 amide bonds. The largest absolute Gasteiger partial charge is 0.370 e. The van der Waals surface area contributed by atoms with Crippen LogP contribution >= 0.6 is 22.7 Å². The summed E-state index contributed by atoms with van der Waals surface area (Å²) in [6.45, 7) is 1.44. The van der Waals surface area contributed by atoms with Crippen LogP contribution in [0.25, 0.3) is 0 Å². The quantitative estimate of drug-likeness (QED) is 0.433. The molecule has 2 aromatic rings. The van der Waals surface area contributed by atoms with Gasteiger partial charge in [-0.2, -0.15) is 0 Å². The molecule has 23 heavy (non-hydrogen) atoms. The summed E-state index contributed by atoms with van der Waals surface area (Å²) in [5.41, 5.74) is 5.95. The molecule has 0 aliphatic heterocycles. The molecule has 0 aliphatic rings. The van der Waals surface area contributed by atoms with Crippen LogP contribution in [0, 0.1) is 5.41 Å². The van der Waals surface area contributed by atoms with E-state index in [1.807, 2.05) is 5.38 Å². The zero-order valence-electron chi connectivity index (χ0n) is 12.3. The van der Waals surface area contributed by atoms with E-state index >= 15 is 0 Å². The number of thiazole rings is 1. The van der Waals surface area contributed by atoms with Crippen molar-refractivity contribution in [2.45, 2.75) is 26.2 Å². The van der Waals surface area contributed by atoms with E-state index in [2.05, 4.69) is 25.8 Å². The molecule has 0 bridgehead atoms. The van der Waals surface area contributed by atoms with Crippen molar-refractivity contribution < 1.29 is 9.59 Å². The van der Waals surface area contributed by atoms with E-state index in [4.69, 9.17) is 11.1 Å². The zero-order valence-corrected chi connectivity index (χ0v) is 13.9. The number of anilines is 1. The van der Waals surface area contributed by atoms with Crippen molar-refractivity contribution in [3.8, 4) is 0 Å². The topological polar surface area (TPSA) is 147 Å². The van der Waals surface area contributed by atoms with Crippen LogP contribution in [0.4, 0.5) is 5.13 Å². The van der Waals surface area contributed by atoms with Gasteiger partial charge in [0.25, 0.3) is 0 Å². The number of nitrogens with zero attached hydrogens (tertiary/aromatic N) is 3. The SMILES string of the molecule is CC(=O)Nc1nc(CCc2nnc(CC(=O)NC(=N)N)s2)cs1. The number of hydrogen-bond acceptors (Lipinski definition) is 8. The molecule has 0 unspecified atom stereocenters. The maximum Gasteiger partial charge on any atom is 0.233 e. The van der Waals surface area contributed by atoms with Crippen LogP contribution in [-0.2, 0) is 28.9 Å². The predicted molar refractivity (Wildman–Crippen MR) is 87.5 cm³/mol. The molecule has 122 valence electrons. The van der Waals surface area contributed by atoms with Crippen LogP contribution in [0.15, 0.2) is 5.38 Å². The Bertz CT molecular complexity index is 725. The second-order valence-electron chi connectivity index (χ2n) is 4.55. The summed E-state index contributed by atoms with van der Waals surface area (Å²) in [5.74, 6) is -0.929. The van der Waals surface area contributed by atoms with Gasteiger partial charge >= 0.3 is 0 Å². The van der Waals surface area contributed by atoms with Crippen molar-refractivity contribution >= 4 is 45.6 Å². The molecule has 2 rings (SSSR count). The standard InChI is InChI=1S/C12H15N7O2S2/c1-6(20)15-12-16-7(5-22-12)2-3-9-18-19-10(23-9)4-8(21)17-11(13)14/h5H,2-4H2,1H3,(H,15,16,20)(H4,13,14,17,21). The zero-order chi connectivity index (χ0) is 16.8. The number of rotatable bonds is 6. The minimum atomic E-state index is -0.391. The Morgan fingerprint density at radius 2 is 2.04 bits per heavy atom. The average Bonchev–Trinajstić information content (AvgIpc) is 3.04. The summed E-state index contributed by atoms with van der Waals surface area (Å²) in [5, 5.41) is 23.6. The van der Waals surface area contributed by atoms with Gasteiger partial charge < -0.3 is 11.1 Å². The first-order valence-corrected chi connectivity index (χ1v) is 8.29. The van der Waals surface area contributed by atoms with E-state index in [1.54, 1.807) is 0 Å². The number of carbonyl (C=O) groups excluding carboxylic acids is 2. The Hall–Kier alpha value is -2.40. The van der Waals surface area contributed by atoms with Crippen LogP contribution in [-0.4, -0.2) is 33.0 Å². The van der Waals surface area contributed by atoms with Gasteiger partial charge in [-0.3, -0.25) is 20.3 Å². The molecule has 0 fully saturated rings. The maximum atomic E-state index is 11.5. The number of amides is 2. The summed E-state index contributed by atoms with van der Waals surface area (Å²) in [6, 6.07) is 0. The highest BCUT2D eigenvalue weighted by atomic mass is 32.1. The molecular weight excluding hydrogens is 338 g/mol. The monoisotopic (exact) mass is 353 g/mol. The lowest BCUT2D eigenvalue weighted by Crippen LogP contribution is -2.36. The molecule has 9 nitrogen and oxygen atoms in total. The molecule has 11 heteroatoms. The van der Waals surface area contributed by atoms with E-state index < -0.39 is 5.96 Å². The van der Waals surface area contributed by atoms with Gasteiger partial charge in [-0.25, -0.2) is 4.98 Å². The summed E-state index contributed by atoms with van der Waals surface area (Å²) >= 11 is 2.71. The minimum Gasteiger partial charge on any atom is -0.370 e. The number of nitrogens with one attached hydrogen (secondary N) is 3. The molecule has 0 aliphatic carbocycles. The van der Waals surface area contributed by atoms with Crippen molar-refractivity contribution in [3.05, 3.63) is 21.1 Å². The van der Waals surface area contributed by atoms with Crippen molar-refractivity contribution in [2.24, 2.45) is 5.73 Å². The van der Waals surface area contributed by atoms with E-state index in [0.717, 1.165) is 10.7 Å². The first-order valence-electron chi connectivity index (χ1n) is 6.59. The normalized spacial score (nSPS) is 10.3.